The van der Waals surface area contributed by atoms with Gasteiger partial charge in [-0.3, -0.25) is 0 Å². The van der Waals surface area contributed by atoms with Crippen LogP contribution in [0.25, 0.3) is 0 Å². The second-order valence-electron chi connectivity index (χ2n) is 6.48. The largest absolute Gasteiger partial charge is 0.372 e. The maximum absolute atomic E-state index is 3.58. The van der Waals surface area contributed by atoms with Crippen molar-refractivity contribution in [3.8, 4) is 0 Å². The SMILES string of the molecule is CCCC(C)N(C)c1ccccc1CNC(C)(C)C. The van der Waals surface area contributed by atoms with Crippen LogP contribution in [0.15, 0.2) is 24.3 Å². The van der Waals surface area contributed by atoms with Crippen molar-refractivity contribution in [3.05, 3.63) is 29.8 Å². The predicted molar refractivity (Wildman–Crippen MR) is 85.8 cm³/mol. The summed E-state index contributed by atoms with van der Waals surface area (Å²) in [5.74, 6) is 0. The van der Waals surface area contributed by atoms with E-state index >= 15 is 0 Å². The molecule has 0 spiro atoms. The molecule has 1 N–H and O–H groups in total. The van der Waals surface area contributed by atoms with E-state index in [1.165, 1.54) is 24.1 Å². The lowest BCUT2D eigenvalue weighted by molar-refractivity contribution is 0.424. The molecule has 0 aromatic heterocycles. The lowest BCUT2D eigenvalue weighted by Crippen LogP contribution is -2.36. The van der Waals surface area contributed by atoms with Gasteiger partial charge < -0.3 is 10.2 Å². The Bertz CT molecular complexity index is 379. The lowest BCUT2D eigenvalue weighted by atomic mass is 10.1. The molecule has 19 heavy (non-hydrogen) atoms. The van der Waals surface area contributed by atoms with Gasteiger partial charge in [-0.2, -0.15) is 0 Å². The Morgan fingerprint density at radius 3 is 2.42 bits per heavy atom. The van der Waals surface area contributed by atoms with Crippen LogP contribution in [0, 0.1) is 0 Å². The molecule has 1 unspecified atom stereocenters. The van der Waals surface area contributed by atoms with Gasteiger partial charge in [-0.05, 0) is 45.7 Å². The molecule has 1 aromatic carbocycles. The average Bonchev–Trinajstić information content (AvgIpc) is 2.35. The summed E-state index contributed by atoms with van der Waals surface area (Å²) in [5.41, 5.74) is 2.88. The van der Waals surface area contributed by atoms with E-state index in [-0.39, 0.29) is 5.54 Å². The molecule has 0 bridgehead atoms. The minimum atomic E-state index is 0.153. The highest BCUT2D eigenvalue weighted by molar-refractivity contribution is 5.53. The van der Waals surface area contributed by atoms with Crippen molar-refractivity contribution in [2.24, 2.45) is 0 Å². The van der Waals surface area contributed by atoms with Gasteiger partial charge in [0.2, 0.25) is 0 Å². The summed E-state index contributed by atoms with van der Waals surface area (Å²) in [6, 6.07) is 9.29. The Morgan fingerprint density at radius 1 is 1.21 bits per heavy atom. The molecule has 1 rings (SSSR count). The van der Waals surface area contributed by atoms with Crippen LogP contribution in [-0.4, -0.2) is 18.6 Å². The molecule has 1 aromatic rings. The zero-order valence-electron chi connectivity index (χ0n) is 13.5. The quantitative estimate of drug-likeness (QED) is 0.826. The van der Waals surface area contributed by atoms with E-state index in [1.807, 2.05) is 0 Å². The minimum absolute atomic E-state index is 0.153. The third kappa shape index (κ3) is 5.23. The van der Waals surface area contributed by atoms with Crippen LogP contribution < -0.4 is 10.2 Å². The van der Waals surface area contributed by atoms with Crippen LogP contribution in [-0.2, 0) is 6.54 Å². The summed E-state index contributed by atoms with van der Waals surface area (Å²) in [5, 5.41) is 3.58. The van der Waals surface area contributed by atoms with Crippen molar-refractivity contribution in [3.63, 3.8) is 0 Å². The first-order chi connectivity index (χ1) is 8.85. The first kappa shape index (κ1) is 16.0. The van der Waals surface area contributed by atoms with Gasteiger partial charge in [-0.15, -0.1) is 0 Å². The Morgan fingerprint density at radius 2 is 1.84 bits per heavy atom. The Balaban J connectivity index is 2.83. The van der Waals surface area contributed by atoms with Gasteiger partial charge >= 0.3 is 0 Å². The number of anilines is 1. The molecule has 0 radical (unpaired) electrons. The summed E-state index contributed by atoms with van der Waals surface area (Å²) < 4.78 is 0. The molecule has 1 atom stereocenters. The molecule has 0 saturated heterocycles. The van der Waals surface area contributed by atoms with E-state index in [2.05, 4.69) is 76.1 Å². The molecule has 0 amide bonds. The van der Waals surface area contributed by atoms with Crippen molar-refractivity contribution >= 4 is 5.69 Å². The van der Waals surface area contributed by atoms with Gasteiger partial charge in [0.25, 0.3) is 0 Å². The standard InChI is InChI=1S/C17H30N2/c1-7-10-14(2)19(6)16-12-9-8-11-15(16)13-18-17(3,4)5/h8-9,11-12,14,18H,7,10,13H2,1-6H3. The topological polar surface area (TPSA) is 15.3 Å². The van der Waals surface area contributed by atoms with Crippen LogP contribution in [0.3, 0.4) is 0 Å². The van der Waals surface area contributed by atoms with Crippen molar-refractivity contribution < 1.29 is 0 Å². The summed E-state index contributed by atoms with van der Waals surface area (Å²) in [6.45, 7) is 12.1. The van der Waals surface area contributed by atoms with Crippen molar-refractivity contribution in [2.45, 2.75) is 65.6 Å². The molecule has 0 heterocycles. The van der Waals surface area contributed by atoms with Gasteiger partial charge in [0.15, 0.2) is 0 Å². The van der Waals surface area contributed by atoms with Crippen LogP contribution in [0.2, 0.25) is 0 Å². The zero-order valence-corrected chi connectivity index (χ0v) is 13.5. The second kappa shape index (κ2) is 6.95. The summed E-state index contributed by atoms with van der Waals surface area (Å²) >= 11 is 0. The number of benzene rings is 1. The first-order valence-electron chi connectivity index (χ1n) is 7.41. The third-order valence-corrected chi connectivity index (χ3v) is 3.55. The number of nitrogens with one attached hydrogen (secondary N) is 1. The predicted octanol–water partition coefficient (Wildman–Crippen LogP) is 4.20. The third-order valence-electron chi connectivity index (χ3n) is 3.55. The normalized spacial score (nSPS) is 13.4. The van der Waals surface area contributed by atoms with E-state index in [9.17, 15) is 0 Å². The van der Waals surface area contributed by atoms with Gasteiger partial charge in [0.1, 0.15) is 0 Å². The van der Waals surface area contributed by atoms with E-state index in [1.54, 1.807) is 0 Å². The van der Waals surface area contributed by atoms with Crippen LogP contribution in [0.5, 0.6) is 0 Å². The molecule has 0 aliphatic heterocycles. The van der Waals surface area contributed by atoms with Crippen molar-refractivity contribution in [1.82, 2.24) is 5.32 Å². The lowest BCUT2D eigenvalue weighted by Gasteiger charge is -2.30. The van der Waals surface area contributed by atoms with Crippen molar-refractivity contribution in [2.75, 3.05) is 11.9 Å². The Labute approximate surface area is 119 Å². The molecule has 0 aliphatic rings. The van der Waals surface area contributed by atoms with E-state index in [4.69, 9.17) is 0 Å². The van der Waals surface area contributed by atoms with Crippen LogP contribution in [0.4, 0.5) is 5.69 Å². The molecular formula is C17H30N2. The van der Waals surface area contributed by atoms with Crippen LogP contribution >= 0.6 is 0 Å². The van der Waals surface area contributed by atoms with E-state index in [0.717, 1.165) is 6.54 Å². The van der Waals surface area contributed by atoms with Gasteiger partial charge in [-0.25, -0.2) is 0 Å². The van der Waals surface area contributed by atoms with Crippen molar-refractivity contribution in [1.29, 1.82) is 0 Å². The van der Waals surface area contributed by atoms with E-state index < -0.39 is 0 Å². The molecule has 0 fully saturated rings. The van der Waals surface area contributed by atoms with Gasteiger partial charge in [0, 0.05) is 30.9 Å². The fraction of sp³-hybridized carbons (Fsp3) is 0.647. The van der Waals surface area contributed by atoms with E-state index in [0.29, 0.717) is 6.04 Å². The average molecular weight is 262 g/mol. The highest BCUT2D eigenvalue weighted by Gasteiger charge is 2.14. The van der Waals surface area contributed by atoms with Crippen LogP contribution in [0.1, 0.15) is 53.0 Å². The molecule has 0 saturated carbocycles. The van der Waals surface area contributed by atoms with Gasteiger partial charge in [0.05, 0.1) is 0 Å². The number of para-hydroxylation sites is 1. The maximum Gasteiger partial charge on any atom is 0.0411 e. The molecular weight excluding hydrogens is 232 g/mol. The fourth-order valence-corrected chi connectivity index (χ4v) is 2.21. The first-order valence-corrected chi connectivity index (χ1v) is 7.41. The Kier molecular flexibility index (Phi) is 5.86. The second-order valence-corrected chi connectivity index (χ2v) is 6.48. The fourth-order valence-electron chi connectivity index (χ4n) is 2.21. The highest BCUT2D eigenvalue weighted by Crippen LogP contribution is 2.23. The summed E-state index contributed by atoms with van der Waals surface area (Å²) in [7, 11) is 2.20. The van der Waals surface area contributed by atoms with Gasteiger partial charge in [-0.1, -0.05) is 31.5 Å². The molecule has 2 heteroatoms. The smallest absolute Gasteiger partial charge is 0.0411 e. The highest BCUT2D eigenvalue weighted by atomic mass is 15.1. The molecule has 2 nitrogen and oxygen atoms in total. The minimum Gasteiger partial charge on any atom is -0.372 e. The zero-order chi connectivity index (χ0) is 14.5. The molecule has 108 valence electrons. The number of rotatable bonds is 6. The summed E-state index contributed by atoms with van der Waals surface area (Å²) in [4.78, 5) is 2.41. The maximum atomic E-state index is 3.58. The number of hydrogen-bond acceptors (Lipinski definition) is 2. The number of nitrogens with zero attached hydrogens (tertiary/aromatic N) is 1. The summed E-state index contributed by atoms with van der Waals surface area (Å²) in [6.07, 6.45) is 2.46. The molecule has 0 aliphatic carbocycles. The Hall–Kier alpha value is -1.02. The number of hydrogen-bond donors (Lipinski definition) is 1. The monoisotopic (exact) mass is 262 g/mol.